The van der Waals surface area contributed by atoms with E-state index >= 15 is 0 Å². The van der Waals surface area contributed by atoms with Crippen LogP contribution in [-0.4, -0.2) is 28.5 Å². The highest BCUT2D eigenvalue weighted by Gasteiger charge is 2.22. The van der Waals surface area contributed by atoms with Gasteiger partial charge in [-0.3, -0.25) is 9.10 Å². The molecule has 0 atom stereocenters. The molecule has 0 spiro atoms. The molecular weight excluding hydrogens is 388 g/mol. The van der Waals surface area contributed by atoms with Crippen molar-refractivity contribution in [2.24, 2.45) is 0 Å². The van der Waals surface area contributed by atoms with Crippen LogP contribution in [0.5, 0.6) is 5.75 Å². The van der Waals surface area contributed by atoms with Gasteiger partial charge in [-0.05, 0) is 49.4 Å². The van der Waals surface area contributed by atoms with E-state index in [1.807, 2.05) is 6.92 Å². The lowest BCUT2D eigenvalue weighted by atomic mass is 10.2. The minimum absolute atomic E-state index is 0.189. The molecule has 3 aromatic carbocycles. The number of para-hydroxylation sites is 2. The highest BCUT2D eigenvalue weighted by Crippen LogP contribution is 2.26. The van der Waals surface area contributed by atoms with E-state index in [1.165, 1.54) is 20.2 Å². The predicted molar refractivity (Wildman–Crippen MR) is 114 cm³/mol. The van der Waals surface area contributed by atoms with Crippen LogP contribution in [0.2, 0.25) is 0 Å². The molecule has 6 nitrogen and oxygen atoms in total. The maximum absolute atomic E-state index is 12.9. The number of anilines is 2. The molecule has 0 radical (unpaired) electrons. The third kappa shape index (κ3) is 4.41. The first kappa shape index (κ1) is 20.4. The first-order valence-electron chi connectivity index (χ1n) is 8.93. The summed E-state index contributed by atoms with van der Waals surface area (Å²) in [6, 6.07) is 20.2. The van der Waals surface area contributed by atoms with Crippen LogP contribution in [0.15, 0.2) is 77.7 Å². The first-order valence-corrected chi connectivity index (χ1v) is 10.4. The summed E-state index contributed by atoms with van der Waals surface area (Å²) >= 11 is 0. The van der Waals surface area contributed by atoms with Gasteiger partial charge in [-0.1, -0.05) is 35.9 Å². The van der Waals surface area contributed by atoms with E-state index in [-0.39, 0.29) is 10.8 Å². The first-order chi connectivity index (χ1) is 13.8. The largest absolute Gasteiger partial charge is 0.495 e. The van der Waals surface area contributed by atoms with Gasteiger partial charge in [0.1, 0.15) is 5.75 Å². The number of ether oxygens (including phenoxy) is 1. The van der Waals surface area contributed by atoms with E-state index in [4.69, 9.17) is 4.74 Å². The molecule has 29 heavy (non-hydrogen) atoms. The van der Waals surface area contributed by atoms with Crippen LogP contribution < -0.4 is 14.4 Å². The molecule has 0 unspecified atom stereocenters. The fourth-order valence-electron chi connectivity index (χ4n) is 2.79. The van der Waals surface area contributed by atoms with Gasteiger partial charge in [0.15, 0.2) is 0 Å². The molecule has 1 N–H and O–H groups in total. The number of sulfonamides is 1. The lowest BCUT2D eigenvalue weighted by Gasteiger charge is -2.20. The van der Waals surface area contributed by atoms with E-state index in [2.05, 4.69) is 5.32 Å². The molecule has 7 heteroatoms. The minimum atomic E-state index is -3.74. The van der Waals surface area contributed by atoms with Gasteiger partial charge < -0.3 is 10.1 Å². The predicted octanol–water partition coefficient (Wildman–Crippen LogP) is 4.08. The Morgan fingerprint density at radius 2 is 1.66 bits per heavy atom. The number of methoxy groups -OCH3 is 1. The number of amides is 1. The second kappa shape index (κ2) is 8.36. The Bertz CT molecular complexity index is 1130. The lowest BCUT2D eigenvalue weighted by molar-refractivity contribution is 0.102. The second-order valence-electron chi connectivity index (χ2n) is 6.49. The van der Waals surface area contributed by atoms with Gasteiger partial charge in [0.25, 0.3) is 15.9 Å². The molecule has 0 saturated carbocycles. The zero-order chi connectivity index (χ0) is 21.0. The third-order valence-electron chi connectivity index (χ3n) is 4.51. The molecule has 0 aliphatic heterocycles. The quantitative estimate of drug-likeness (QED) is 0.664. The maximum Gasteiger partial charge on any atom is 0.264 e. The van der Waals surface area contributed by atoms with Crippen LogP contribution in [0, 0.1) is 6.92 Å². The summed E-state index contributed by atoms with van der Waals surface area (Å²) in [6.45, 7) is 1.89. The standard InChI is InChI=1S/C22H22N2O4S/c1-16-11-13-19(14-12-16)29(26,27)24(2)18-8-6-7-17(15-18)22(25)23-20-9-4-5-10-21(20)28-3/h4-15H,1-3H3,(H,23,25). The van der Waals surface area contributed by atoms with Crippen molar-refractivity contribution in [1.29, 1.82) is 0 Å². The van der Waals surface area contributed by atoms with Crippen LogP contribution in [0.4, 0.5) is 11.4 Å². The molecule has 0 fully saturated rings. The molecular formula is C22H22N2O4S. The number of aryl methyl sites for hydroxylation is 1. The average molecular weight is 410 g/mol. The van der Waals surface area contributed by atoms with Gasteiger partial charge in [-0.25, -0.2) is 8.42 Å². The Morgan fingerprint density at radius 3 is 2.34 bits per heavy atom. The van der Waals surface area contributed by atoms with Crippen LogP contribution in [-0.2, 0) is 10.0 Å². The summed E-state index contributed by atoms with van der Waals surface area (Å²) in [5.74, 6) is 0.175. The average Bonchev–Trinajstić information content (AvgIpc) is 2.74. The highest BCUT2D eigenvalue weighted by atomic mass is 32.2. The monoisotopic (exact) mass is 410 g/mol. The summed E-state index contributed by atoms with van der Waals surface area (Å²) in [7, 11) is -0.750. The summed E-state index contributed by atoms with van der Waals surface area (Å²) in [5, 5.41) is 2.79. The van der Waals surface area contributed by atoms with Crippen LogP contribution >= 0.6 is 0 Å². The highest BCUT2D eigenvalue weighted by molar-refractivity contribution is 7.92. The number of hydrogen-bond acceptors (Lipinski definition) is 4. The van der Waals surface area contributed by atoms with E-state index in [1.54, 1.807) is 66.7 Å². The van der Waals surface area contributed by atoms with Crippen molar-refractivity contribution < 1.29 is 17.9 Å². The summed E-state index contributed by atoms with van der Waals surface area (Å²) in [6.07, 6.45) is 0. The SMILES string of the molecule is COc1ccccc1NC(=O)c1cccc(N(C)S(=O)(=O)c2ccc(C)cc2)c1. The molecule has 0 bridgehead atoms. The van der Waals surface area contributed by atoms with Crippen LogP contribution in [0.1, 0.15) is 15.9 Å². The van der Waals surface area contributed by atoms with Gasteiger partial charge in [0, 0.05) is 12.6 Å². The lowest BCUT2D eigenvalue weighted by Crippen LogP contribution is -2.27. The van der Waals surface area contributed by atoms with E-state index in [0.29, 0.717) is 22.7 Å². The molecule has 3 aromatic rings. The Kier molecular flexibility index (Phi) is 5.89. The minimum Gasteiger partial charge on any atom is -0.495 e. The number of benzene rings is 3. The van der Waals surface area contributed by atoms with Crippen molar-refractivity contribution in [3.05, 3.63) is 83.9 Å². The molecule has 0 aliphatic carbocycles. The summed E-state index contributed by atoms with van der Waals surface area (Å²) in [5.41, 5.74) is 2.23. The summed E-state index contributed by atoms with van der Waals surface area (Å²) < 4.78 is 32.2. The number of carbonyl (C=O) groups excluding carboxylic acids is 1. The number of hydrogen-bond donors (Lipinski definition) is 1. The molecule has 3 rings (SSSR count). The number of nitrogens with zero attached hydrogens (tertiary/aromatic N) is 1. The van der Waals surface area contributed by atoms with Crippen LogP contribution in [0.3, 0.4) is 0 Å². The van der Waals surface area contributed by atoms with Crippen molar-refractivity contribution >= 4 is 27.3 Å². The van der Waals surface area contributed by atoms with Gasteiger partial charge in [0.2, 0.25) is 0 Å². The molecule has 0 aromatic heterocycles. The molecule has 0 aliphatic rings. The van der Waals surface area contributed by atoms with Gasteiger partial charge >= 0.3 is 0 Å². The Morgan fingerprint density at radius 1 is 0.966 bits per heavy atom. The normalized spacial score (nSPS) is 11.0. The van der Waals surface area contributed by atoms with Crippen molar-refractivity contribution in [2.45, 2.75) is 11.8 Å². The van der Waals surface area contributed by atoms with Crippen molar-refractivity contribution in [3.63, 3.8) is 0 Å². The number of carbonyl (C=O) groups is 1. The van der Waals surface area contributed by atoms with Crippen molar-refractivity contribution in [3.8, 4) is 5.75 Å². The number of rotatable bonds is 6. The van der Waals surface area contributed by atoms with E-state index in [0.717, 1.165) is 9.87 Å². The van der Waals surface area contributed by atoms with Gasteiger partial charge in [-0.15, -0.1) is 0 Å². The smallest absolute Gasteiger partial charge is 0.264 e. The molecule has 0 saturated heterocycles. The molecule has 1 amide bonds. The maximum atomic E-state index is 12.9. The van der Waals surface area contributed by atoms with Gasteiger partial charge in [-0.2, -0.15) is 0 Å². The number of nitrogens with one attached hydrogen (secondary N) is 1. The zero-order valence-corrected chi connectivity index (χ0v) is 17.2. The zero-order valence-electron chi connectivity index (χ0n) is 16.4. The molecule has 150 valence electrons. The van der Waals surface area contributed by atoms with E-state index in [9.17, 15) is 13.2 Å². The van der Waals surface area contributed by atoms with Crippen molar-refractivity contribution in [2.75, 3.05) is 23.8 Å². The van der Waals surface area contributed by atoms with Crippen LogP contribution in [0.25, 0.3) is 0 Å². The fraction of sp³-hybridized carbons (Fsp3) is 0.136. The second-order valence-corrected chi connectivity index (χ2v) is 8.46. The third-order valence-corrected chi connectivity index (χ3v) is 6.31. The Hall–Kier alpha value is -3.32. The van der Waals surface area contributed by atoms with Crippen molar-refractivity contribution in [1.82, 2.24) is 0 Å². The Balaban J connectivity index is 1.86. The van der Waals surface area contributed by atoms with E-state index < -0.39 is 10.0 Å². The Labute approximate surface area is 170 Å². The van der Waals surface area contributed by atoms with Gasteiger partial charge in [0.05, 0.1) is 23.4 Å². The fourth-order valence-corrected chi connectivity index (χ4v) is 3.98. The summed E-state index contributed by atoms with van der Waals surface area (Å²) in [4.78, 5) is 12.9. The topological polar surface area (TPSA) is 75.7 Å². The molecule has 0 heterocycles.